The molecule has 114 valence electrons. The minimum atomic E-state index is -4.91. The summed E-state index contributed by atoms with van der Waals surface area (Å²) in [7, 11) is 0. The number of aliphatic carboxylic acids is 1. The van der Waals surface area contributed by atoms with Crippen LogP contribution >= 0.6 is 0 Å². The number of ketones is 1. The van der Waals surface area contributed by atoms with E-state index in [1.165, 1.54) is 0 Å². The number of carboxylic acid groups (broad SMARTS) is 1. The number of nitro groups is 1. The molecule has 0 amide bonds. The van der Waals surface area contributed by atoms with Gasteiger partial charge in [0, 0.05) is 18.9 Å². The lowest BCUT2D eigenvalue weighted by atomic mass is 10.0. The summed E-state index contributed by atoms with van der Waals surface area (Å²) in [6.45, 7) is 0. The Morgan fingerprint density at radius 1 is 1.24 bits per heavy atom. The van der Waals surface area contributed by atoms with E-state index in [0.717, 1.165) is 6.07 Å². The SMILES string of the molecule is O=C(O)CCC(=O)Cc1ccc([N+](=O)[O-])c(C(F)(F)F)c1. The van der Waals surface area contributed by atoms with Crippen molar-refractivity contribution < 1.29 is 32.8 Å². The van der Waals surface area contributed by atoms with Crippen LogP contribution in [0.3, 0.4) is 0 Å². The van der Waals surface area contributed by atoms with Gasteiger partial charge in [-0.25, -0.2) is 0 Å². The Kier molecular flexibility index (Phi) is 5.01. The van der Waals surface area contributed by atoms with E-state index in [0.29, 0.717) is 12.1 Å². The molecule has 0 aliphatic rings. The van der Waals surface area contributed by atoms with E-state index in [1.54, 1.807) is 0 Å². The van der Waals surface area contributed by atoms with Crippen LogP contribution in [0.4, 0.5) is 18.9 Å². The molecule has 6 nitrogen and oxygen atoms in total. The lowest BCUT2D eigenvalue weighted by Gasteiger charge is -2.09. The average molecular weight is 305 g/mol. The third-order valence-corrected chi connectivity index (χ3v) is 2.58. The molecule has 0 aromatic heterocycles. The molecule has 0 saturated carbocycles. The van der Waals surface area contributed by atoms with Crippen LogP contribution in [0.2, 0.25) is 0 Å². The minimum Gasteiger partial charge on any atom is -0.481 e. The third-order valence-electron chi connectivity index (χ3n) is 2.58. The third kappa shape index (κ3) is 4.86. The molecule has 0 radical (unpaired) electrons. The first-order valence-corrected chi connectivity index (χ1v) is 5.69. The molecule has 0 aliphatic heterocycles. The zero-order chi connectivity index (χ0) is 16.2. The van der Waals surface area contributed by atoms with E-state index in [9.17, 15) is 32.9 Å². The molecule has 1 N–H and O–H groups in total. The molecule has 0 saturated heterocycles. The van der Waals surface area contributed by atoms with Crippen LogP contribution in [0.25, 0.3) is 0 Å². The van der Waals surface area contributed by atoms with Crippen molar-refractivity contribution in [3.63, 3.8) is 0 Å². The van der Waals surface area contributed by atoms with E-state index < -0.39 is 46.9 Å². The maximum Gasteiger partial charge on any atom is 0.423 e. The fourth-order valence-corrected chi connectivity index (χ4v) is 1.64. The van der Waals surface area contributed by atoms with Gasteiger partial charge >= 0.3 is 12.1 Å². The molecule has 1 aromatic carbocycles. The van der Waals surface area contributed by atoms with Gasteiger partial charge in [0.2, 0.25) is 0 Å². The fourth-order valence-electron chi connectivity index (χ4n) is 1.64. The normalized spacial score (nSPS) is 11.2. The van der Waals surface area contributed by atoms with E-state index in [2.05, 4.69) is 0 Å². The van der Waals surface area contributed by atoms with Crippen molar-refractivity contribution in [3.05, 3.63) is 39.4 Å². The first kappa shape index (κ1) is 16.6. The molecule has 21 heavy (non-hydrogen) atoms. The predicted molar refractivity (Wildman–Crippen MR) is 63.7 cm³/mol. The highest BCUT2D eigenvalue weighted by molar-refractivity contribution is 5.84. The van der Waals surface area contributed by atoms with Gasteiger partial charge in [-0.05, 0) is 11.6 Å². The van der Waals surface area contributed by atoms with Gasteiger partial charge in [-0.2, -0.15) is 13.2 Å². The monoisotopic (exact) mass is 305 g/mol. The number of carbonyl (C=O) groups is 2. The first-order chi connectivity index (χ1) is 9.61. The Labute approximate surface area is 116 Å². The molecular weight excluding hydrogens is 295 g/mol. The van der Waals surface area contributed by atoms with Gasteiger partial charge in [-0.3, -0.25) is 19.7 Å². The molecule has 0 fully saturated rings. The summed E-state index contributed by atoms with van der Waals surface area (Å²) in [5.74, 6) is -1.75. The number of hydrogen-bond acceptors (Lipinski definition) is 4. The van der Waals surface area contributed by atoms with Crippen molar-refractivity contribution in [2.45, 2.75) is 25.4 Å². The number of nitrogens with zero attached hydrogens (tertiary/aromatic N) is 1. The highest BCUT2D eigenvalue weighted by Crippen LogP contribution is 2.36. The van der Waals surface area contributed by atoms with Crippen LogP contribution in [0.1, 0.15) is 24.0 Å². The largest absolute Gasteiger partial charge is 0.481 e. The van der Waals surface area contributed by atoms with Gasteiger partial charge in [-0.15, -0.1) is 0 Å². The van der Waals surface area contributed by atoms with Crippen LogP contribution in [-0.4, -0.2) is 21.8 Å². The number of rotatable bonds is 6. The van der Waals surface area contributed by atoms with E-state index in [1.807, 2.05) is 0 Å². The standard InChI is InChI=1S/C12H10F3NO5/c13-12(14,15)9-6-7(1-3-10(9)16(20)21)5-8(17)2-4-11(18)19/h1,3,6H,2,4-5H2,(H,18,19). The number of halogens is 3. The summed E-state index contributed by atoms with van der Waals surface area (Å²) < 4.78 is 38.1. The molecule has 0 unspecified atom stereocenters. The Hall–Kier alpha value is -2.45. The Bertz CT molecular complexity index is 583. The molecule has 0 heterocycles. The number of alkyl halides is 3. The topological polar surface area (TPSA) is 97.5 Å². The lowest BCUT2D eigenvalue weighted by molar-refractivity contribution is -0.388. The Morgan fingerprint density at radius 3 is 2.33 bits per heavy atom. The summed E-state index contributed by atoms with van der Waals surface area (Å²) in [6.07, 6.45) is -6.05. The zero-order valence-corrected chi connectivity index (χ0v) is 10.5. The number of hydrogen-bond donors (Lipinski definition) is 1. The van der Waals surface area contributed by atoms with E-state index in [-0.39, 0.29) is 12.0 Å². The van der Waals surface area contributed by atoms with Crippen LogP contribution in [0, 0.1) is 10.1 Å². The van der Waals surface area contributed by atoms with Crippen molar-refractivity contribution in [2.24, 2.45) is 0 Å². The number of carbonyl (C=O) groups excluding carboxylic acids is 1. The van der Waals surface area contributed by atoms with Crippen molar-refractivity contribution in [1.29, 1.82) is 0 Å². The second kappa shape index (κ2) is 6.33. The highest BCUT2D eigenvalue weighted by Gasteiger charge is 2.38. The minimum absolute atomic E-state index is 0.0525. The molecule has 0 bridgehead atoms. The van der Waals surface area contributed by atoms with Crippen molar-refractivity contribution >= 4 is 17.4 Å². The van der Waals surface area contributed by atoms with E-state index >= 15 is 0 Å². The molecule has 0 spiro atoms. The van der Waals surface area contributed by atoms with Crippen LogP contribution < -0.4 is 0 Å². The molecule has 0 aliphatic carbocycles. The quantitative estimate of drug-likeness (QED) is 0.643. The van der Waals surface area contributed by atoms with Gasteiger partial charge in [0.05, 0.1) is 11.3 Å². The summed E-state index contributed by atoms with van der Waals surface area (Å²) in [4.78, 5) is 31.1. The fraction of sp³-hybridized carbons (Fsp3) is 0.333. The maximum absolute atomic E-state index is 12.7. The smallest absolute Gasteiger partial charge is 0.423 e. The molecule has 9 heteroatoms. The van der Waals surface area contributed by atoms with Crippen molar-refractivity contribution in [1.82, 2.24) is 0 Å². The summed E-state index contributed by atoms with van der Waals surface area (Å²) >= 11 is 0. The number of carboxylic acids is 1. The summed E-state index contributed by atoms with van der Waals surface area (Å²) in [5, 5.41) is 19.0. The van der Waals surface area contributed by atoms with Gasteiger partial charge in [0.15, 0.2) is 0 Å². The van der Waals surface area contributed by atoms with Crippen molar-refractivity contribution in [2.75, 3.05) is 0 Å². The second-order valence-corrected chi connectivity index (χ2v) is 4.22. The van der Waals surface area contributed by atoms with Crippen LogP contribution in [0.5, 0.6) is 0 Å². The van der Waals surface area contributed by atoms with Crippen LogP contribution in [0.15, 0.2) is 18.2 Å². The van der Waals surface area contributed by atoms with Gasteiger partial charge in [0.25, 0.3) is 5.69 Å². The summed E-state index contributed by atoms with van der Waals surface area (Å²) in [5.41, 5.74) is -2.58. The van der Waals surface area contributed by atoms with Crippen molar-refractivity contribution in [3.8, 4) is 0 Å². The van der Waals surface area contributed by atoms with E-state index in [4.69, 9.17) is 5.11 Å². The molecule has 1 rings (SSSR count). The van der Waals surface area contributed by atoms with Crippen LogP contribution in [-0.2, 0) is 22.2 Å². The van der Waals surface area contributed by atoms with Gasteiger partial charge in [-0.1, -0.05) is 6.07 Å². The molecular formula is C12H10F3NO5. The predicted octanol–water partition coefficient (Wildman–Crippen LogP) is 2.59. The average Bonchev–Trinajstić information content (AvgIpc) is 2.35. The lowest BCUT2D eigenvalue weighted by Crippen LogP contribution is -2.11. The second-order valence-electron chi connectivity index (χ2n) is 4.22. The number of Topliss-reactive ketones (excluding diaryl/α,β-unsaturated/α-hetero) is 1. The highest BCUT2D eigenvalue weighted by atomic mass is 19.4. The maximum atomic E-state index is 12.7. The summed E-state index contributed by atoms with van der Waals surface area (Å²) in [6, 6.07) is 2.27. The number of nitro benzene ring substituents is 1. The van der Waals surface area contributed by atoms with Gasteiger partial charge in [0.1, 0.15) is 11.3 Å². The Morgan fingerprint density at radius 2 is 1.86 bits per heavy atom. The first-order valence-electron chi connectivity index (χ1n) is 5.69. The molecule has 1 aromatic rings. The zero-order valence-electron chi connectivity index (χ0n) is 10.5. The molecule has 0 atom stereocenters. The van der Waals surface area contributed by atoms with Gasteiger partial charge < -0.3 is 5.11 Å². The number of benzene rings is 1. The Balaban J connectivity index is 2.98.